The summed E-state index contributed by atoms with van der Waals surface area (Å²) in [6.07, 6.45) is -0.698. The molecule has 4 nitrogen and oxygen atoms in total. The van der Waals surface area contributed by atoms with E-state index in [-0.39, 0.29) is 22.8 Å². The zero-order valence-electron chi connectivity index (χ0n) is 13.0. The van der Waals surface area contributed by atoms with Gasteiger partial charge >= 0.3 is 6.18 Å². The first-order chi connectivity index (χ1) is 11.8. The molecule has 1 fully saturated rings. The first kappa shape index (κ1) is 18.1. The van der Waals surface area contributed by atoms with Crippen molar-refractivity contribution in [2.45, 2.75) is 37.9 Å². The second kappa shape index (κ2) is 7.25. The van der Waals surface area contributed by atoms with Gasteiger partial charge in [-0.15, -0.1) is 0 Å². The molecule has 1 aromatic carbocycles. The molecule has 0 spiro atoms. The number of rotatable bonds is 4. The zero-order chi connectivity index (χ0) is 18.0. The number of halogens is 5. The van der Waals surface area contributed by atoms with E-state index in [1.165, 1.54) is 6.07 Å². The van der Waals surface area contributed by atoms with Crippen LogP contribution < -0.4 is 10.6 Å². The number of anilines is 3. The molecule has 0 radical (unpaired) electrons. The van der Waals surface area contributed by atoms with Gasteiger partial charge in [-0.25, -0.2) is 4.98 Å². The summed E-state index contributed by atoms with van der Waals surface area (Å²) in [6.45, 7) is 0. The highest BCUT2D eigenvalue weighted by Gasteiger charge is 2.34. The average Bonchev–Trinajstić information content (AvgIpc) is 3.02. The van der Waals surface area contributed by atoms with Gasteiger partial charge in [-0.3, -0.25) is 0 Å². The quantitative estimate of drug-likeness (QED) is 0.681. The lowest BCUT2D eigenvalue weighted by molar-refractivity contribution is -0.141. The van der Waals surface area contributed by atoms with Gasteiger partial charge in [-0.2, -0.15) is 18.2 Å². The molecule has 25 heavy (non-hydrogen) atoms. The Labute approximate surface area is 152 Å². The number of alkyl halides is 3. The van der Waals surface area contributed by atoms with Crippen molar-refractivity contribution in [1.82, 2.24) is 9.97 Å². The number of benzene rings is 1. The summed E-state index contributed by atoms with van der Waals surface area (Å²) in [6, 6.07) is 5.60. The highest BCUT2D eigenvalue weighted by atomic mass is 35.5. The predicted octanol–water partition coefficient (Wildman–Crippen LogP) is 5.90. The van der Waals surface area contributed by atoms with Crippen molar-refractivity contribution in [1.29, 1.82) is 0 Å². The van der Waals surface area contributed by atoms with Crippen LogP contribution in [0.15, 0.2) is 24.3 Å². The van der Waals surface area contributed by atoms with Crippen molar-refractivity contribution in [3.63, 3.8) is 0 Å². The van der Waals surface area contributed by atoms with Crippen molar-refractivity contribution in [2.75, 3.05) is 10.6 Å². The standard InChI is InChI=1S/C16H15Cl2F3N4/c17-9-5-6-12(11(18)7-9)23-14-8-13(16(19,20)21)24-15(25-14)22-10-3-1-2-4-10/h5-8,10H,1-4H2,(H2,22,23,24,25). The Morgan fingerprint density at radius 1 is 1.04 bits per heavy atom. The molecule has 2 aromatic rings. The topological polar surface area (TPSA) is 49.8 Å². The van der Waals surface area contributed by atoms with Crippen LogP contribution in [0.1, 0.15) is 31.4 Å². The van der Waals surface area contributed by atoms with Crippen LogP contribution in [-0.2, 0) is 6.18 Å². The van der Waals surface area contributed by atoms with Gasteiger partial charge in [0.2, 0.25) is 5.95 Å². The van der Waals surface area contributed by atoms with Gasteiger partial charge < -0.3 is 10.6 Å². The van der Waals surface area contributed by atoms with E-state index in [9.17, 15) is 13.2 Å². The maximum absolute atomic E-state index is 13.1. The highest BCUT2D eigenvalue weighted by molar-refractivity contribution is 6.36. The third-order valence-electron chi connectivity index (χ3n) is 3.90. The van der Waals surface area contributed by atoms with Crippen LogP contribution in [0.25, 0.3) is 0 Å². The smallest absolute Gasteiger partial charge is 0.351 e. The molecular weight excluding hydrogens is 376 g/mol. The zero-order valence-corrected chi connectivity index (χ0v) is 14.5. The van der Waals surface area contributed by atoms with Gasteiger partial charge in [0, 0.05) is 17.1 Å². The molecule has 2 N–H and O–H groups in total. The van der Waals surface area contributed by atoms with Crippen LogP contribution in [0.4, 0.5) is 30.6 Å². The Hall–Kier alpha value is -1.73. The first-order valence-corrected chi connectivity index (χ1v) is 8.52. The monoisotopic (exact) mass is 390 g/mol. The summed E-state index contributed by atoms with van der Waals surface area (Å²) >= 11 is 11.9. The predicted molar refractivity (Wildman–Crippen MR) is 92.7 cm³/mol. The lowest BCUT2D eigenvalue weighted by Crippen LogP contribution is -2.19. The molecule has 0 atom stereocenters. The molecule has 1 heterocycles. The van der Waals surface area contributed by atoms with Gasteiger partial charge in [-0.1, -0.05) is 36.0 Å². The summed E-state index contributed by atoms with van der Waals surface area (Å²) in [7, 11) is 0. The number of hydrogen-bond acceptors (Lipinski definition) is 4. The van der Waals surface area contributed by atoms with Crippen LogP contribution in [-0.4, -0.2) is 16.0 Å². The first-order valence-electron chi connectivity index (χ1n) is 7.76. The van der Waals surface area contributed by atoms with E-state index >= 15 is 0 Å². The van der Waals surface area contributed by atoms with Gasteiger partial charge in [0.1, 0.15) is 5.82 Å². The van der Waals surface area contributed by atoms with Crippen molar-refractivity contribution in [3.8, 4) is 0 Å². The number of nitrogens with one attached hydrogen (secondary N) is 2. The van der Waals surface area contributed by atoms with Gasteiger partial charge in [0.25, 0.3) is 0 Å². The van der Waals surface area contributed by atoms with Crippen LogP contribution in [0.2, 0.25) is 10.0 Å². The summed E-state index contributed by atoms with van der Waals surface area (Å²) < 4.78 is 39.4. The summed E-state index contributed by atoms with van der Waals surface area (Å²) in [5, 5.41) is 6.49. The molecular formula is C16H15Cl2F3N4. The third kappa shape index (κ3) is 4.67. The Morgan fingerprint density at radius 3 is 2.40 bits per heavy atom. The van der Waals surface area contributed by atoms with Crippen LogP contribution >= 0.6 is 23.2 Å². The number of aromatic nitrogens is 2. The molecule has 1 aromatic heterocycles. The minimum atomic E-state index is -4.57. The molecule has 1 saturated carbocycles. The lowest BCUT2D eigenvalue weighted by Gasteiger charge is -2.16. The molecule has 0 bridgehead atoms. The van der Waals surface area contributed by atoms with Gasteiger partial charge in [0.05, 0.1) is 10.7 Å². The van der Waals surface area contributed by atoms with Crippen LogP contribution in [0, 0.1) is 0 Å². The third-order valence-corrected chi connectivity index (χ3v) is 4.45. The van der Waals surface area contributed by atoms with E-state index in [2.05, 4.69) is 20.6 Å². The Kier molecular flexibility index (Phi) is 5.24. The molecule has 0 unspecified atom stereocenters. The van der Waals surface area contributed by atoms with Crippen molar-refractivity contribution in [2.24, 2.45) is 0 Å². The molecule has 3 rings (SSSR count). The maximum atomic E-state index is 13.1. The minimum Gasteiger partial charge on any atom is -0.351 e. The number of nitrogens with zero attached hydrogens (tertiary/aromatic N) is 2. The fourth-order valence-electron chi connectivity index (χ4n) is 2.70. The van der Waals surface area contributed by atoms with E-state index in [4.69, 9.17) is 23.2 Å². The molecule has 0 saturated heterocycles. The van der Waals surface area contributed by atoms with Crippen LogP contribution in [0.5, 0.6) is 0 Å². The molecule has 134 valence electrons. The van der Waals surface area contributed by atoms with Crippen molar-refractivity contribution >= 4 is 40.7 Å². The fourth-order valence-corrected chi connectivity index (χ4v) is 3.16. The Morgan fingerprint density at radius 2 is 1.76 bits per heavy atom. The molecule has 9 heteroatoms. The molecule has 1 aliphatic carbocycles. The van der Waals surface area contributed by atoms with E-state index in [1.54, 1.807) is 12.1 Å². The van der Waals surface area contributed by atoms with Gasteiger partial charge in [0.15, 0.2) is 5.69 Å². The second-order valence-corrected chi connectivity index (χ2v) is 6.68. The lowest BCUT2D eigenvalue weighted by atomic mass is 10.2. The van der Waals surface area contributed by atoms with E-state index in [0.717, 1.165) is 31.7 Å². The SMILES string of the molecule is FC(F)(F)c1cc(Nc2ccc(Cl)cc2Cl)nc(NC2CCCC2)n1. The molecule has 0 amide bonds. The Bertz CT molecular complexity index is 762. The fraction of sp³-hybridized carbons (Fsp3) is 0.375. The highest BCUT2D eigenvalue weighted by Crippen LogP contribution is 2.33. The van der Waals surface area contributed by atoms with Gasteiger partial charge in [-0.05, 0) is 31.0 Å². The van der Waals surface area contributed by atoms with Crippen molar-refractivity contribution in [3.05, 3.63) is 40.0 Å². The average molecular weight is 391 g/mol. The van der Waals surface area contributed by atoms with E-state index in [0.29, 0.717) is 10.7 Å². The summed E-state index contributed by atoms with van der Waals surface area (Å²) in [5.74, 6) is -0.0404. The van der Waals surface area contributed by atoms with E-state index < -0.39 is 11.9 Å². The van der Waals surface area contributed by atoms with Crippen molar-refractivity contribution < 1.29 is 13.2 Å². The molecule has 0 aliphatic heterocycles. The normalized spacial score (nSPS) is 15.4. The second-order valence-electron chi connectivity index (χ2n) is 5.83. The van der Waals surface area contributed by atoms with Crippen LogP contribution in [0.3, 0.4) is 0 Å². The molecule has 1 aliphatic rings. The maximum Gasteiger partial charge on any atom is 0.433 e. The summed E-state index contributed by atoms with van der Waals surface area (Å²) in [4.78, 5) is 7.75. The Balaban J connectivity index is 1.90. The largest absolute Gasteiger partial charge is 0.433 e. The number of hydrogen-bond donors (Lipinski definition) is 2. The summed E-state index contributed by atoms with van der Waals surface area (Å²) in [5.41, 5.74) is -0.611. The van der Waals surface area contributed by atoms with E-state index in [1.807, 2.05) is 0 Å². The minimum absolute atomic E-state index is 0.00652.